The summed E-state index contributed by atoms with van der Waals surface area (Å²) in [7, 11) is 0. The first-order valence-electron chi connectivity index (χ1n) is 19.4. The molecule has 278 valence electrons. The Kier molecular flexibility index (Phi) is 10.0. The molecule has 5 aliphatic rings. The minimum absolute atomic E-state index is 0.0523. The zero-order chi connectivity index (χ0) is 35.9. The molecular weight excluding hydrogens is 678 g/mol. The number of rotatable bonds is 10. The zero-order valence-electron chi connectivity index (χ0n) is 30.5. The molecule has 9 nitrogen and oxygen atoms in total. The van der Waals surface area contributed by atoms with E-state index in [1.807, 2.05) is 36.5 Å². The van der Waals surface area contributed by atoms with Gasteiger partial charge >= 0.3 is 5.97 Å². The van der Waals surface area contributed by atoms with Gasteiger partial charge in [0.1, 0.15) is 24.0 Å². The van der Waals surface area contributed by atoms with E-state index in [9.17, 15) is 9.90 Å². The summed E-state index contributed by atoms with van der Waals surface area (Å²) < 4.78 is 25.2. The highest BCUT2D eigenvalue weighted by molar-refractivity contribution is 6.30. The molecule has 2 N–H and O–H groups in total. The van der Waals surface area contributed by atoms with Crippen LogP contribution >= 0.6 is 11.6 Å². The van der Waals surface area contributed by atoms with Gasteiger partial charge in [0.2, 0.25) is 0 Å². The molecule has 1 spiro atoms. The first-order chi connectivity index (χ1) is 25.2. The lowest BCUT2D eigenvalue weighted by molar-refractivity contribution is -0.144. The average Bonchev–Trinajstić information content (AvgIpc) is 3.41. The summed E-state index contributed by atoms with van der Waals surface area (Å²) in [6.45, 7) is 9.86. The molecule has 0 radical (unpaired) electrons. The van der Waals surface area contributed by atoms with Gasteiger partial charge in [0.25, 0.3) is 0 Å². The maximum atomic E-state index is 13.0. The lowest BCUT2D eigenvalue weighted by Gasteiger charge is -2.47. The predicted octanol–water partition coefficient (Wildman–Crippen LogP) is 7.67. The fourth-order valence-corrected chi connectivity index (χ4v) is 10.1. The number of aromatic nitrogens is 1. The standard InChI is InChI=1S/C42H52ClN3O6/c1-27(25-50-36-9-14-44-35-8-3-5-28(2)39(35)36)19-30-20-29-21-37-38(52-33(26-51-37)24-46-15-17-49-18-16-46)23-34(29)41(30)10-12-42(13-11-41,40(47)48)45-32-7-4-6-31(43)22-32/h4,6-7,9,14,21-23,27-28,30,33,45H,3,5,8,10-13,15-20,24-26H2,1-2H3,(H,47,48)/t27-,28-,30?,33?,41?,42?/m1/s1. The van der Waals surface area contributed by atoms with E-state index in [4.69, 9.17) is 30.5 Å². The van der Waals surface area contributed by atoms with Gasteiger partial charge in [0.05, 0.1) is 19.8 Å². The van der Waals surface area contributed by atoms with Gasteiger partial charge < -0.3 is 29.4 Å². The normalized spacial score (nSPS) is 28.9. The number of anilines is 1. The number of carboxylic acids is 1. The van der Waals surface area contributed by atoms with E-state index in [0.717, 1.165) is 87.9 Å². The van der Waals surface area contributed by atoms with Gasteiger partial charge in [-0.3, -0.25) is 9.88 Å². The van der Waals surface area contributed by atoms with Crippen LogP contribution in [0.15, 0.2) is 48.7 Å². The number of aryl methyl sites for hydroxylation is 1. The predicted molar refractivity (Wildman–Crippen MR) is 201 cm³/mol. The molecule has 3 aromatic rings. The number of carbonyl (C=O) groups is 1. The van der Waals surface area contributed by atoms with Gasteiger partial charge in [-0.05, 0) is 128 Å². The number of halogens is 1. The Morgan fingerprint density at radius 3 is 2.75 bits per heavy atom. The van der Waals surface area contributed by atoms with Crippen LogP contribution in [0.25, 0.3) is 0 Å². The molecule has 8 rings (SSSR count). The number of nitrogens with one attached hydrogen (secondary N) is 1. The number of benzene rings is 2. The van der Waals surface area contributed by atoms with Crippen LogP contribution in [-0.2, 0) is 27.8 Å². The number of fused-ring (bicyclic) bond motifs is 4. The van der Waals surface area contributed by atoms with E-state index in [1.165, 1.54) is 35.2 Å². The van der Waals surface area contributed by atoms with Gasteiger partial charge in [-0.2, -0.15) is 0 Å². The summed E-state index contributed by atoms with van der Waals surface area (Å²) in [5.41, 5.74) is 4.55. The molecule has 10 heteroatoms. The topological polar surface area (TPSA) is 102 Å². The monoisotopic (exact) mass is 729 g/mol. The second kappa shape index (κ2) is 14.7. The SMILES string of the molecule is C[C@@H](COc1ccnc2c1[C@H](C)CCC2)CC1Cc2cc3c(cc2C12CCC(Nc1cccc(Cl)c1)(C(=O)O)CC2)OC(CN1CCOCC1)CO3. The van der Waals surface area contributed by atoms with Gasteiger partial charge in [0, 0.05) is 47.8 Å². The van der Waals surface area contributed by atoms with Crippen molar-refractivity contribution >= 4 is 23.3 Å². The number of morpholine rings is 1. The van der Waals surface area contributed by atoms with Crippen LogP contribution in [0.1, 0.15) is 87.1 Å². The van der Waals surface area contributed by atoms with Crippen molar-refractivity contribution in [3.05, 3.63) is 76.1 Å². The van der Waals surface area contributed by atoms with E-state index in [-0.39, 0.29) is 11.5 Å². The van der Waals surface area contributed by atoms with E-state index < -0.39 is 11.5 Å². The third-order valence-electron chi connectivity index (χ3n) is 12.6. The van der Waals surface area contributed by atoms with E-state index in [2.05, 4.69) is 41.2 Å². The van der Waals surface area contributed by atoms with Gasteiger partial charge in [0.15, 0.2) is 11.5 Å². The van der Waals surface area contributed by atoms with Crippen molar-refractivity contribution in [1.82, 2.24) is 9.88 Å². The second-order valence-corrected chi connectivity index (χ2v) is 16.6. The number of hydrogen-bond acceptors (Lipinski definition) is 8. The van der Waals surface area contributed by atoms with Crippen molar-refractivity contribution in [1.29, 1.82) is 0 Å². The molecule has 0 bridgehead atoms. The minimum Gasteiger partial charge on any atom is -0.493 e. The quantitative estimate of drug-likeness (QED) is 0.218. The smallest absolute Gasteiger partial charge is 0.329 e. The summed E-state index contributed by atoms with van der Waals surface area (Å²) in [5.74, 6) is 2.88. The second-order valence-electron chi connectivity index (χ2n) is 16.1. The number of hydrogen-bond donors (Lipinski definition) is 2. The van der Waals surface area contributed by atoms with Crippen molar-refractivity contribution in [3.8, 4) is 17.2 Å². The fraction of sp³-hybridized carbons (Fsp3) is 0.571. The van der Waals surface area contributed by atoms with Crippen molar-refractivity contribution in [2.75, 3.05) is 51.4 Å². The van der Waals surface area contributed by atoms with Crippen LogP contribution < -0.4 is 19.5 Å². The molecule has 1 saturated carbocycles. The van der Waals surface area contributed by atoms with Crippen LogP contribution in [-0.4, -0.2) is 78.7 Å². The highest BCUT2D eigenvalue weighted by Gasteiger charge is 2.54. The maximum absolute atomic E-state index is 13.0. The van der Waals surface area contributed by atoms with Crippen LogP contribution in [0.5, 0.6) is 17.2 Å². The Hall–Kier alpha value is -3.53. The van der Waals surface area contributed by atoms with E-state index in [0.29, 0.717) is 48.8 Å². The summed E-state index contributed by atoms with van der Waals surface area (Å²) in [6, 6.07) is 13.9. The molecule has 2 aliphatic heterocycles. The lowest BCUT2D eigenvalue weighted by atomic mass is 9.59. The molecule has 3 heterocycles. The van der Waals surface area contributed by atoms with Crippen LogP contribution in [0.3, 0.4) is 0 Å². The van der Waals surface area contributed by atoms with Crippen molar-refractivity contribution in [2.45, 2.75) is 94.6 Å². The largest absolute Gasteiger partial charge is 0.493 e. The number of carboxylic acid groups (broad SMARTS) is 1. The zero-order valence-corrected chi connectivity index (χ0v) is 31.3. The minimum atomic E-state index is -1.08. The van der Waals surface area contributed by atoms with Crippen LogP contribution in [0, 0.1) is 11.8 Å². The average molecular weight is 730 g/mol. The Bertz CT molecular complexity index is 1770. The number of ether oxygens (including phenoxy) is 4. The number of aliphatic carboxylic acids is 1. The first kappa shape index (κ1) is 35.5. The molecular formula is C42H52ClN3O6. The third kappa shape index (κ3) is 6.96. The van der Waals surface area contributed by atoms with Crippen molar-refractivity contribution in [2.24, 2.45) is 11.8 Å². The third-order valence-corrected chi connectivity index (χ3v) is 12.9. The fourth-order valence-electron chi connectivity index (χ4n) is 9.88. The Balaban J connectivity index is 1.05. The molecule has 3 aliphatic carbocycles. The van der Waals surface area contributed by atoms with Crippen molar-refractivity contribution in [3.63, 3.8) is 0 Å². The highest BCUT2D eigenvalue weighted by Crippen LogP contribution is 2.58. The summed E-state index contributed by atoms with van der Waals surface area (Å²) in [6.07, 6.45) is 9.63. The molecule has 2 fully saturated rings. The Labute approximate surface area is 312 Å². The van der Waals surface area contributed by atoms with Crippen LogP contribution in [0.2, 0.25) is 5.02 Å². The van der Waals surface area contributed by atoms with Gasteiger partial charge in [-0.1, -0.05) is 31.5 Å². The first-order valence-corrected chi connectivity index (χ1v) is 19.7. The molecule has 4 atom stereocenters. The molecule has 2 unspecified atom stereocenters. The van der Waals surface area contributed by atoms with Gasteiger partial charge in [-0.25, -0.2) is 4.79 Å². The number of pyridine rings is 1. The maximum Gasteiger partial charge on any atom is 0.329 e. The van der Waals surface area contributed by atoms with E-state index >= 15 is 0 Å². The Morgan fingerprint density at radius 1 is 1.13 bits per heavy atom. The summed E-state index contributed by atoms with van der Waals surface area (Å²) >= 11 is 6.31. The molecule has 1 aromatic heterocycles. The van der Waals surface area contributed by atoms with Crippen molar-refractivity contribution < 1.29 is 28.8 Å². The molecule has 2 aromatic carbocycles. The van der Waals surface area contributed by atoms with Gasteiger partial charge in [-0.15, -0.1) is 0 Å². The van der Waals surface area contributed by atoms with E-state index in [1.54, 1.807) is 0 Å². The molecule has 52 heavy (non-hydrogen) atoms. The lowest BCUT2D eigenvalue weighted by Crippen LogP contribution is -2.53. The Morgan fingerprint density at radius 2 is 1.96 bits per heavy atom. The summed E-state index contributed by atoms with van der Waals surface area (Å²) in [4.78, 5) is 20.1. The molecule has 1 saturated heterocycles. The highest BCUT2D eigenvalue weighted by atomic mass is 35.5. The summed E-state index contributed by atoms with van der Waals surface area (Å²) in [5, 5.41) is 14.7. The number of nitrogens with zero attached hydrogens (tertiary/aromatic N) is 2. The molecule has 0 amide bonds. The van der Waals surface area contributed by atoms with Crippen LogP contribution in [0.4, 0.5) is 5.69 Å².